The van der Waals surface area contributed by atoms with Gasteiger partial charge >= 0.3 is 5.97 Å². The van der Waals surface area contributed by atoms with Crippen LogP contribution in [0.2, 0.25) is 0 Å². The molecular weight excluding hydrogens is 288 g/mol. The fourth-order valence-electron chi connectivity index (χ4n) is 0.800. The Balaban J connectivity index is 3.05. The van der Waals surface area contributed by atoms with Crippen LogP contribution in [0, 0.1) is 9.52 Å². The van der Waals surface area contributed by atoms with Crippen molar-refractivity contribution in [2.45, 2.75) is 6.92 Å². The van der Waals surface area contributed by atoms with Crippen LogP contribution in [0.3, 0.4) is 0 Å². The van der Waals surface area contributed by atoms with Crippen LogP contribution in [-0.2, 0) is 4.74 Å². The third kappa shape index (κ3) is 2.36. The zero-order valence-electron chi connectivity index (χ0n) is 6.88. The number of nitrogens with zero attached hydrogens (tertiary/aromatic N) is 1. The molecule has 1 rings (SSSR count). The number of pyridine rings is 1. The lowest BCUT2D eigenvalue weighted by atomic mass is 10.3. The minimum Gasteiger partial charge on any atom is -0.462 e. The highest BCUT2D eigenvalue weighted by Crippen LogP contribution is 2.14. The van der Waals surface area contributed by atoms with E-state index in [0.29, 0.717) is 3.57 Å². The second kappa shape index (κ2) is 4.50. The topological polar surface area (TPSA) is 39.2 Å². The Bertz CT molecular complexity index is 310. The summed E-state index contributed by atoms with van der Waals surface area (Å²) >= 11 is 1.86. The maximum absolute atomic E-state index is 13.0. The Morgan fingerprint density at radius 1 is 1.77 bits per heavy atom. The number of aromatic nitrogens is 1. The molecule has 0 saturated heterocycles. The van der Waals surface area contributed by atoms with Crippen LogP contribution in [0.25, 0.3) is 0 Å². The summed E-state index contributed by atoms with van der Waals surface area (Å²) in [7, 11) is 0. The SMILES string of the molecule is CCOC(=O)c1c(I)ccnc1F. The van der Waals surface area contributed by atoms with Crippen molar-refractivity contribution in [2.75, 3.05) is 6.61 Å². The first-order valence-electron chi connectivity index (χ1n) is 3.64. The summed E-state index contributed by atoms with van der Waals surface area (Å²) in [5.74, 6) is -1.46. The van der Waals surface area contributed by atoms with Crippen LogP contribution in [0.15, 0.2) is 12.3 Å². The van der Waals surface area contributed by atoms with Crippen molar-refractivity contribution < 1.29 is 13.9 Å². The highest BCUT2D eigenvalue weighted by atomic mass is 127. The van der Waals surface area contributed by atoms with Crippen LogP contribution >= 0.6 is 22.6 Å². The van der Waals surface area contributed by atoms with E-state index in [1.807, 2.05) is 22.6 Å². The molecule has 0 aliphatic heterocycles. The van der Waals surface area contributed by atoms with E-state index in [2.05, 4.69) is 9.72 Å². The zero-order valence-corrected chi connectivity index (χ0v) is 9.04. The molecule has 0 radical (unpaired) electrons. The van der Waals surface area contributed by atoms with Crippen LogP contribution < -0.4 is 0 Å². The summed E-state index contributed by atoms with van der Waals surface area (Å²) in [6.45, 7) is 1.89. The first-order chi connectivity index (χ1) is 6.16. The molecule has 5 heteroatoms. The van der Waals surface area contributed by atoms with Gasteiger partial charge in [-0.15, -0.1) is 0 Å². The smallest absolute Gasteiger partial charge is 0.343 e. The number of halogens is 2. The zero-order chi connectivity index (χ0) is 9.84. The lowest BCUT2D eigenvalue weighted by molar-refractivity contribution is 0.0518. The van der Waals surface area contributed by atoms with Crippen LogP contribution in [-0.4, -0.2) is 17.6 Å². The molecule has 0 spiro atoms. The number of hydrogen-bond donors (Lipinski definition) is 0. The minimum absolute atomic E-state index is 0.0926. The van der Waals surface area contributed by atoms with E-state index in [9.17, 15) is 9.18 Å². The van der Waals surface area contributed by atoms with Crippen molar-refractivity contribution in [2.24, 2.45) is 0 Å². The van der Waals surface area contributed by atoms with Gasteiger partial charge in [0.1, 0.15) is 5.56 Å². The summed E-state index contributed by atoms with van der Waals surface area (Å²) in [5.41, 5.74) is -0.0926. The number of rotatable bonds is 2. The maximum Gasteiger partial charge on any atom is 0.343 e. The molecule has 0 aromatic carbocycles. The van der Waals surface area contributed by atoms with Crippen molar-refractivity contribution in [3.63, 3.8) is 0 Å². The second-order valence-corrected chi connectivity index (χ2v) is 3.34. The largest absolute Gasteiger partial charge is 0.462 e. The van der Waals surface area contributed by atoms with Gasteiger partial charge in [0.15, 0.2) is 0 Å². The molecule has 1 aromatic rings. The van der Waals surface area contributed by atoms with Gasteiger partial charge in [-0.2, -0.15) is 4.39 Å². The van der Waals surface area contributed by atoms with Gasteiger partial charge in [-0.1, -0.05) is 0 Å². The van der Waals surface area contributed by atoms with Gasteiger partial charge < -0.3 is 4.74 Å². The Morgan fingerprint density at radius 2 is 2.46 bits per heavy atom. The predicted molar refractivity (Wildman–Crippen MR) is 52.9 cm³/mol. The fraction of sp³-hybridized carbons (Fsp3) is 0.250. The Morgan fingerprint density at radius 3 is 3.00 bits per heavy atom. The number of carbonyl (C=O) groups is 1. The van der Waals surface area contributed by atoms with Crippen LogP contribution in [0.5, 0.6) is 0 Å². The first kappa shape index (κ1) is 10.4. The highest BCUT2D eigenvalue weighted by Gasteiger charge is 2.17. The van der Waals surface area contributed by atoms with Crippen molar-refractivity contribution in [1.82, 2.24) is 4.98 Å². The van der Waals surface area contributed by atoms with Gasteiger partial charge in [-0.3, -0.25) is 0 Å². The molecule has 0 bridgehead atoms. The summed E-state index contributed by atoms with van der Waals surface area (Å²) in [5, 5.41) is 0. The predicted octanol–water partition coefficient (Wildman–Crippen LogP) is 2.00. The number of esters is 1. The Kier molecular flexibility index (Phi) is 3.58. The van der Waals surface area contributed by atoms with E-state index in [1.54, 1.807) is 13.0 Å². The van der Waals surface area contributed by atoms with Crippen molar-refractivity contribution in [1.29, 1.82) is 0 Å². The van der Waals surface area contributed by atoms with Crippen molar-refractivity contribution >= 4 is 28.6 Å². The molecule has 70 valence electrons. The number of hydrogen-bond acceptors (Lipinski definition) is 3. The van der Waals surface area contributed by atoms with E-state index < -0.39 is 11.9 Å². The average molecular weight is 295 g/mol. The fourth-order valence-corrected chi connectivity index (χ4v) is 1.40. The lowest BCUT2D eigenvalue weighted by Gasteiger charge is -2.03. The molecule has 0 fully saturated rings. The summed E-state index contributed by atoms with van der Waals surface area (Å²) < 4.78 is 18.2. The third-order valence-electron chi connectivity index (χ3n) is 1.33. The van der Waals surface area contributed by atoms with E-state index in [1.165, 1.54) is 6.20 Å². The normalized spacial score (nSPS) is 9.77. The standard InChI is InChI=1S/C8H7FINO2/c1-2-13-8(12)6-5(10)3-4-11-7(6)9/h3-4H,2H2,1H3. The van der Waals surface area contributed by atoms with Gasteiger partial charge in [0.05, 0.1) is 6.61 Å². The van der Waals surface area contributed by atoms with E-state index >= 15 is 0 Å². The van der Waals surface area contributed by atoms with Gasteiger partial charge in [0, 0.05) is 9.77 Å². The van der Waals surface area contributed by atoms with Crippen LogP contribution in [0.1, 0.15) is 17.3 Å². The molecule has 0 saturated carbocycles. The molecule has 0 atom stereocenters. The number of carbonyl (C=O) groups excluding carboxylic acids is 1. The Hall–Kier alpha value is -0.720. The highest BCUT2D eigenvalue weighted by molar-refractivity contribution is 14.1. The van der Waals surface area contributed by atoms with Crippen molar-refractivity contribution in [3.05, 3.63) is 27.3 Å². The first-order valence-corrected chi connectivity index (χ1v) is 4.71. The summed E-state index contributed by atoms with van der Waals surface area (Å²) in [4.78, 5) is 14.6. The molecule has 0 aliphatic carbocycles. The average Bonchev–Trinajstić information content (AvgIpc) is 2.04. The molecule has 0 aliphatic rings. The van der Waals surface area contributed by atoms with E-state index in [4.69, 9.17) is 0 Å². The molecule has 1 aromatic heterocycles. The molecular formula is C8H7FINO2. The number of ether oxygens (including phenoxy) is 1. The third-order valence-corrected chi connectivity index (χ3v) is 2.23. The summed E-state index contributed by atoms with van der Waals surface area (Å²) in [6.07, 6.45) is 1.31. The monoisotopic (exact) mass is 295 g/mol. The maximum atomic E-state index is 13.0. The second-order valence-electron chi connectivity index (χ2n) is 2.18. The van der Waals surface area contributed by atoms with Gasteiger partial charge in [-0.25, -0.2) is 9.78 Å². The molecule has 0 amide bonds. The van der Waals surface area contributed by atoms with Crippen molar-refractivity contribution in [3.8, 4) is 0 Å². The van der Waals surface area contributed by atoms with Gasteiger partial charge in [0.25, 0.3) is 0 Å². The molecule has 1 heterocycles. The minimum atomic E-state index is -0.787. The van der Waals surface area contributed by atoms with E-state index in [-0.39, 0.29) is 12.2 Å². The van der Waals surface area contributed by atoms with Gasteiger partial charge in [-0.05, 0) is 35.6 Å². The van der Waals surface area contributed by atoms with E-state index in [0.717, 1.165) is 0 Å². The summed E-state index contributed by atoms with van der Waals surface area (Å²) in [6, 6.07) is 1.55. The van der Waals surface area contributed by atoms with Gasteiger partial charge in [0.2, 0.25) is 5.95 Å². The Labute approximate surface area is 88.4 Å². The lowest BCUT2D eigenvalue weighted by Crippen LogP contribution is -2.10. The quantitative estimate of drug-likeness (QED) is 0.476. The molecule has 0 unspecified atom stereocenters. The van der Waals surface area contributed by atoms with Crippen LogP contribution in [0.4, 0.5) is 4.39 Å². The molecule has 0 N–H and O–H groups in total. The molecule has 3 nitrogen and oxygen atoms in total. The molecule has 13 heavy (non-hydrogen) atoms.